The average molecular weight is 187 g/mol. The summed E-state index contributed by atoms with van der Waals surface area (Å²) in [5, 5.41) is 3.19. The van der Waals surface area contributed by atoms with Gasteiger partial charge in [0.1, 0.15) is 0 Å². The molecule has 1 aliphatic heterocycles. The van der Waals surface area contributed by atoms with E-state index < -0.39 is 0 Å². The molecule has 0 unspecified atom stereocenters. The minimum atomic E-state index is -0.383. The van der Waals surface area contributed by atoms with Crippen LogP contribution in [0.4, 0.5) is 0 Å². The topological polar surface area (TPSA) is 30.5 Å². The van der Waals surface area contributed by atoms with Crippen molar-refractivity contribution in [3.05, 3.63) is 0 Å². The van der Waals surface area contributed by atoms with Crippen molar-refractivity contribution < 1.29 is 9.47 Å². The van der Waals surface area contributed by atoms with E-state index in [2.05, 4.69) is 12.2 Å². The molecule has 0 amide bonds. The van der Waals surface area contributed by atoms with E-state index >= 15 is 0 Å². The molecule has 0 bridgehead atoms. The zero-order chi connectivity index (χ0) is 9.90. The van der Waals surface area contributed by atoms with Crippen LogP contribution in [-0.4, -0.2) is 32.1 Å². The maximum atomic E-state index is 5.79. The van der Waals surface area contributed by atoms with Crippen LogP contribution in [0, 0.1) is 5.92 Å². The van der Waals surface area contributed by atoms with Crippen LogP contribution in [0.15, 0.2) is 0 Å². The summed E-state index contributed by atoms with van der Waals surface area (Å²) in [5.74, 6) is 0.179. The highest BCUT2D eigenvalue weighted by Gasteiger charge is 2.36. The third-order valence-electron chi connectivity index (χ3n) is 2.55. The Balaban J connectivity index is 2.43. The van der Waals surface area contributed by atoms with Crippen molar-refractivity contribution >= 4 is 0 Å². The molecule has 1 fully saturated rings. The predicted octanol–water partition coefficient (Wildman–Crippen LogP) is 1.38. The van der Waals surface area contributed by atoms with Crippen molar-refractivity contribution in [2.24, 2.45) is 5.92 Å². The van der Waals surface area contributed by atoms with Crippen molar-refractivity contribution in [1.82, 2.24) is 5.32 Å². The van der Waals surface area contributed by atoms with Crippen molar-refractivity contribution in [3.63, 3.8) is 0 Å². The van der Waals surface area contributed by atoms with Crippen LogP contribution in [-0.2, 0) is 9.47 Å². The zero-order valence-corrected chi connectivity index (χ0v) is 9.09. The Morgan fingerprint density at radius 1 is 1.54 bits per heavy atom. The molecule has 0 radical (unpaired) electrons. The SMILES string of the molecule is CC[C@@H](CNC)[C@@H]1COC(C)(C)O1. The fourth-order valence-corrected chi connectivity index (χ4v) is 1.75. The molecule has 0 aromatic rings. The van der Waals surface area contributed by atoms with Gasteiger partial charge in [0.25, 0.3) is 0 Å². The Morgan fingerprint density at radius 3 is 2.62 bits per heavy atom. The van der Waals surface area contributed by atoms with Gasteiger partial charge in [-0.2, -0.15) is 0 Å². The Kier molecular flexibility index (Phi) is 3.71. The van der Waals surface area contributed by atoms with E-state index in [0.29, 0.717) is 5.92 Å². The van der Waals surface area contributed by atoms with Gasteiger partial charge >= 0.3 is 0 Å². The molecule has 3 heteroatoms. The van der Waals surface area contributed by atoms with Crippen LogP contribution in [0.5, 0.6) is 0 Å². The van der Waals surface area contributed by atoms with Gasteiger partial charge in [-0.25, -0.2) is 0 Å². The first-order valence-electron chi connectivity index (χ1n) is 5.05. The Morgan fingerprint density at radius 2 is 2.23 bits per heavy atom. The highest BCUT2D eigenvalue weighted by molar-refractivity contribution is 4.78. The summed E-state index contributed by atoms with van der Waals surface area (Å²) in [6.07, 6.45) is 1.39. The van der Waals surface area contributed by atoms with Gasteiger partial charge in [-0.15, -0.1) is 0 Å². The molecule has 0 aromatic carbocycles. The largest absolute Gasteiger partial charge is 0.348 e. The van der Waals surface area contributed by atoms with Crippen LogP contribution < -0.4 is 5.32 Å². The maximum Gasteiger partial charge on any atom is 0.163 e. The first-order chi connectivity index (χ1) is 6.09. The third-order valence-corrected chi connectivity index (χ3v) is 2.55. The average Bonchev–Trinajstić information content (AvgIpc) is 2.42. The lowest BCUT2D eigenvalue weighted by molar-refractivity contribution is -0.144. The molecule has 78 valence electrons. The second kappa shape index (κ2) is 4.40. The molecular weight excluding hydrogens is 166 g/mol. The van der Waals surface area contributed by atoms with E-state index in [4.69, 9.17) is 9.47 Å². The van der Waals surface area contributed by atoms with Crippen molar-refractivity contribution in [3.8, 4) is 0 Å². The molecule has 3 nitrogen and oxygen atoms in total. The Labute approximate surface area is 80.8 Å². The summed E-state index contributed by atoms with van der Waals surface area (Å²) in [6.45, 7) is 7.86. The summed E-state index contributed by atoms with van der Waals surface area (Å²) >= 11 is 0. The molecule has 0 aliphatic carbocycles. The van der Waals surface area contributed by atoms with Crippen molar-refractivity contribution in [2.75, 3.05) is 20.2 Å². The van der Waals surface area contributed by atoms with Gasteiger partial charge in [-0.3, -0.25) is 0 Å². The van der Waals surface area contributed by atoms with Gasteiger partial charge in [0, 0.05) is 6.54 Å². The quantitative estimate of drug-likeness (QED) is 0.721. The molecule has 1 saturated heterocycles. The van der Waals surface area contributed by atoms with Gasteiger partial charge in [-0.1, -0.05) is 6.92 Å². The smallest absolute Gasteiger partial charge is 0.163 e. The van der Waals surface area contributed by atoms with Gasteiger partial charge in [0.15, 0.2) is 5.79 Å². The normalized spacial score (nSPS) is 29.1. The highest BCUT2D eigenvalue weighted by atomic mass is 16.7. The van der Waals surface area contributed by atoms with E-state index in [9.17, 15) is 0 Å². The molecule has 13 heavy (non-hydrogen) atoms. The lowest BCUT2D eigenvalue weighted by atomic mass is 10.0. The minimum Gasteiger partial charge on any atom is -0.348 e. The second-order valence-corrected chi connectivity index (χ2v) is 4.09. The number of hydrogen-bond donors (Lipinski definition) is 1. The summed E-state index contributed by atoms with van der Waals surface area (Å²) in [7, 11) is 1.98. The second-order valence-electron chi connectivity index (χ2n) is 4.09. The molecule has 1 heterocycles. The van der Waals surface area contributed by atoms with Gasteiger partial charge in [0.2, 0.25) is 0 Å². The molecular formula is C10H21NO2. The molecule has 2 atom stereocenters. The Bertz CT molecular complexity index is 159. The number of hydrogen-bond acceptors (Lipinski definition) is 3. The van der Waals surface area contributed by atoms with E-state index in [0.717, 1.165) is 19.6 Å². The molecule has 1 rings (SSSR count). The highest BCUT2D eigenvalue weighted by Crippen LogP contribution is 2.27. The molecule has 1 aliphatic rings. The van der Waals surface area contributed by atoms with Crippen LogP contribution >= 0.6 is 0 Å². The fourth-order valence-electron chi connectivity index (χ4n) is 1.75. The monoisotopic (exact) mass is 187 g/mol. The fraction of sp³-hybridized carbons (Fsp3) is 1.00. The molecule has 0 saturated carbocycles. The summed E-state index contributed by atoms with van der Waals surface area (Å²) < 4.78 is 11.3. The maximum absolute atomic E-state index is 5.79. The van der Waals surface area contributed by atoms with Gasteiger partial charge in [0.05, 0.1) is 12.7 Å². The first-order valence-corrected chi connectivity index (χ1v) is 5.05. The molecule has 0 aromatic heterocycles. The first kappa shape index (κ1) is 11.0. The van der Waals surface area contributed by atoms with Crippen molar-refractivity contribution in [2.45, 2.75) is 39.1 Å². The lowest BCUT2D eigenvalue weighted by Crippen LogP contribution is -2.32. The third kappa shape index (κ3) is 2.93. The van der Waals surface area contributed by atoms with E-state index in [1.807, 2.05) is 20.9 Å². The van der Waals surface area contributed by atoms with Crippen LogP contribution in [0.2, 0.25) is 0 Å². The number of nitrogens with one attached hydrogen (secondary N) is 1. The van der Waals surface area contributed by atoms with Crippen molar-refractivity contribution in [1.29, 1.82) is 0 Å². The van der Waals surface area contributed by atoms with E-state index in [1.54, 1.807) is 0 Å². The summed E-state index contributed by atoms with van der Waals surface area (Å²) in [4.78, 5) is 0. The lowest BCUT2D eigenvalue weighted by Gasteiger charge is -2.22. The molecule has 1 N–H and O–H groups in total. The summed E-state index contributed by atoms with van der Waals surface area (Å²) in [5.41, 5.74) is 0. The predicted molar refractivity (Wildman–Crippen MR) is 52.6 cm³/mol. The summed E-state index contributed by atoms with van der Waals surface area (Å²) in [6, 6.07) is 0. The van der Waals surface area contributed by atoms with Gasteiger partial charge in [-0.05, 0) is 33.2 Å². The van der Waals surface area contributed by atoms with Crippen LogP contribution in [0.25, 0.3) is 0 Å². The van der Waals surface area contributed by atoms with Gasteiger partial charge < -0.3 is 14.8 Å². The number of rotatable bonds is 4. The van der Waals surface area contributed by atoms with Crippen LogP contribution in [0.1, 0.15) is 27.2 Å². The van der Waals surface area contributed by atoms with Crippen LogP contribution in [0.3, 0.4) is 0 Å². The van der Waals surface area contributed by atoms with E-state index in [1.165, 1.54) is 0 Å². The standard InChI is InChI=1S/C10H21NO2/c1-5-8(6-11-4)9-7-12-10(2,3)13-9/h8-9,11H,5-7H2,1-4H3/t8-,9-/m0/s1. The molecule has 0 spiro atoms. The minimum absolute atomic E-state index is 0.257. The Hall–Kier alpha value is -0.120. The van der Waals surface area contributed by atoms with E-state index in [-0.39, 0.29) is 11.9 Å². The zero-order valence-electron chi connectivity index (χ0n) is 9.09. The number of ether oxygens (including phenoxy) is 2.